The zero-order chi connectivity index (χ0) is 15.6. The van der Waals surface area contributed by atoms with Crippen molar-refractivity contribution in [1.82, 2.24) is 4.98 Å². The zero-order valence-electron chi connectivity index (χ0n) is 11.6. The number of halogens is 2. The first-order valence-electron chi connectivity index (χ1n) is 6.27. The Morgan fingerprint density at radius 1 is 1.33 bits per heavy atom. The van der Waals surface area contributed by atoms with E-state index in [-0.39, 0.29) is 16.4 Å². The molecule has 0 fully saturated rings. The van der Waals surface area contributed by atoms with Crippen molar-refractivity contribution in [2.45, 2.75) is 20.4 Å². The SMILES string of the molecule is Cc1cc(CNc2ncc(C(=O)O)cc2Cl)cc(C)c1F. The van der Waals surface area contributed by atoms with Gasteiger partial charge in [-0.15, -0.1) is 0 Å². The third kappa shape index (κ3) is 3.49. The fourth-order valence-electron chi connectivity index (χ4n) is 2.01. The van der Waals surface area contributed by atoms with Gasteiger partial charge in [0.05, 0.1) is 10.6 Å². The first-order valence-corrected chi connectivity index (χ1v) is 6.64. The lowest BCUT2D eigenvalue weighted by Gasteiger charge is -2.10. The number of carbonyl (C=O) groups is 1. The van der Waals surface area contributed by atoms with Crippen LogP contribution in [0.2, 0.25) is 5.02 Å². The van der Waals surface area contributed by atoms with Gasteiger partial charge in [0.1, 0.15) is 11.6 Å². The number of pyridine rings is 1. The van der Waals surface area contributed by atoms with Crippen LogP contribution in [0.25, 0.3) is 0 Å². The molecule has 2 N–H and O–H groups in total. The van der Waals surface area contributed by atoms with Crippen molar-refractivity contribution in [3.63, 3.8) is 0 Å². The van der Waals surface area contributed by atoms with Crippen molar-refractivity contribution in [3.8, 4) is 0 Å². The van der Waals surface area contributed by atoms with Crippen LogP contribution in [0.4, 0.5) is 10.2 Å². The van der Waals surface area contributed by atoms with Crippen LogP contribution in [0.1, 0.15) is 27.0 Å². The largest absolute Gasteiger partial charge is 0.478 e. The molecule has 21 heavy (non-hydrogen) atoms. The maximum absolute atomic E-state index is 13.5. The van der Waals surface area contributed by atoms with Crippen molar-refractivity contribution < 1.29 is 14.3 Å². The Kier molecular flexibility index (Phi) is 4.43. The van der Waals surface area contributed by atoms with Gasteiger partial charge >= 0.3 is 5.97 Å². The molecule has 2 rings (SSSR count). The summed E-state index contributed by atoms with van der Waals surface area (Å²) in [6, 6.07) is 4.82. The number of carboxylic acid groups (broad SMARTS) is 1. The van der Waals surface area contributed by atoms with Crippen molar-refractivity contribution in [2.24, 2.45) is 0 Å². The summed E-state index contributed by atoms with van der Waals surface area (Å²) in [5, 5.41) is 12.1. The molecule has 0 radical (unpaired) electrons. The van der Waals surface area contributed by atoms with E-state index >= 15 is 0 Å². The van der Waals surface area contributed by atoms with Crippen LogP contribution in [0, 0.1) is 19.7 Å². The molecule has 0 unspecified atom stereocenters. The summed E-state index contributed by atoms with van der Waals surface area (Å²) in [7, 11) is 0. The van der Waals surface area contributed by atoms with Crippen molar-refractivity contribution in [3.05, 3.63) is 57.5 Å². The van der Waals surface area contributed by atoms with E-state index in [2.05, 4.69) is 10.3 Å². The number of aryl methyl sites for hydroxylation is 2. The quantitative estimate of drug-likeness (QED) is 0.902. The molecule has 2 aromatic rings. The monoisotopic (exact) mass is 308 g/mol. The molecule has 0 aliphatic heterocycles. The van der Waals surface area contributed by atoms with E-state index in [4.69, 9.17) is 16.7 Å². The predicted octanol–water partition coefficient (Wildman–Crippen LogP) is 3.80. The minimum atomic E-state index is -1.08. The van der Waals surface area contributed by atoms with Crippen molar-refractivity contribution in [2.75, 3.05) is 5.32 Å². The zero-order valence-corrected chi connectivity index (χ0v) is 12.3. The van der Waals surface area contributed by atoms with Crippen LogP contribution in [0.3, 0.4) is 0 Å². The summed E-state index contributed by atoms with van der Waals surface area (Å²) in [6.07, 6.45) is 1.23. The highest BCUT2D eigenvalue weighted by Gasteiger charge is 2.09. The van der Waals surface area contributed by atoms with Crippen LogP contribution >= 0.6 is 11.6 Å². The van der Waals surface area contributed by atoms with Crippen LogP contribution < -0.4 is 5.32 Å². The Bertz CT molecular complexity index is 681. The van der Waals surface area contributed by atoms with Gasteiger partial charge in [0.2, 0.25) is 0 Å². The van der Waals surface area contributed by atoms with Gasteiger partial charge in [-0.3, -0.25) is 0 Å². The predicted molar refractivity (Wildman–Crippen MR) is 79.4 cm³/mol. The van der Waals surface area contributed by atoms with E-state index in [9.17, 15) is 9.18 Å². The fraction of sp³-hybridized carbons (Fsp3) is 0.200. The number of hydrogen-bond acceptors (Lipinski definition) is 3. The second kappa shape index (κ2) is 6.10. The fourth-order valence-corrected chi connectivity index (χ4v) is 2.24. The van der Waals surface area contributed by atoms with Gasteiger partial charge in [0, 0.05) is 12.7 Å². The molecule has 0 aliphatic carbocycles. The molecule has 1 aromatic carbocycles. The number of benzene rings is 1. The topological polar surface area (TPSA) is 62.2 Å². The highest BCUT2D eigenvalue weighted by Crippen LogP contribution is 2.21. The molecule has 6 heteroatoms. The van der Waals surface area contributed by atoms with Gasteiger partial charge in [-0.2, -0.15) is 0 Å². The molecule has 1 heterocycles. The third-order valence-corrected chi connectivity index (χ3v) is 3.33. The lowest BCUT2D eigenvalue weighted by molar-refractivity contribution is 0.0696. The number of anilines is 1. The average Bonchev–Trinajstić information content (AvgIpc) is 2.43. The number of aromatic carboxylic acids is 1. The van der Waals surface area contributed by atoms with Gasteiger partial charge in [0.25, 0.3) is 0 Å². The van der Waals surface area contributed by atoms with Crippen LogP contribution in [0.5, 0.6) is 0 Å². The van der Waals surface area contributed by atoms with Gasteiger partial charge in [-0.1, -0.05) is 23.7 Å². The molecule has 4 nitrogen and oxygen atoms in total. The molecular formula is C15H14ClFN2O2. The summed E-state index contributed by atoms with van der Waals surface area (Å²) in [5.74, 6) is -0.900. The van der Waals surface area contributed by atoms with Gasteiger partial charge in [0.15, 0.2) is 0 Å². The summed E-state index contributed by atoms with van der Waals surface area (Å²) < 4.78 is 13.5. The highest BCUT2D eigenvalue weighted by molar-refractivity contribution is 6.33. The highest BCUT2D eigenvalue weighted by atomic mass is 35.5. The van der Waals surface area contributed by atoms with E-state index < -0.39 is 5.97 Å². The third-order valence-electron chi connectivity index (χ3n) is 3.04. The lowest BCUT2D eigenvalue weighted by Crippen LogP contribution is -2.05. The summed E-state index contributed by atoms with van der Waals surface area (Å²) in [4.78, 5) is 14.8. The van der Waals surface area contributed by atoms with E-state index in [0.717, 1.165) is 5.56 Å². The van der Waals surface area contributed by atoms with Crippen LogP contribution in [-0.2, 0) is 6.54 Å². The maximum Gasteiger partial charge on any atom is 0.337 e. The molecule has 1 aromatic heterocycles. The maximum atomic E-state index is 13.5. The smallest absolute Gasteiger partial charge is 0.337 e. The summed E-state index contributed by atoms with van der Waals surface area (Å²) in [5.41, 5.74) is 2.07. The van der Waals surface area contributed by atoms with E-state index in [1.54, 1.807) is 26.0 Å². The summed E-state index contributed by atoms with van der Waals surface area (Å²) >= 11 is 5.98. The first kappa shape index (κ1) is 15.3. The number of rotatable bonds is 4. The average molecular weight is 309 g/mol. The molecule has 0 amide bonds. The molecule has 0 aliphatic rings. The normalized spacial score (nSPS) is 10.5. The molecule has 0 bridgehead atoms. The number of aromatic nitrogens is 1. The van der Waals surface area contributed by atoms with E-state index in [1.807, 2.05) is 0 Å². The van der Waals surface area contributed by atoms with E-state index in [0.29, 0.717) is 23.5 Å². The minimum absolute atomic E-state index is 0.0269. The first-order chi connectivity index (χ1) is 9.88. The summed E-state index contributed by atoms with van der Waals surface area (Å²) in [6.45, 7) is 3.83. The Morgan fingerprint density at radius 2 is 1.95 bits per heavy atom. The number of hydrogen-bond donors (Lipinski definition) is 2. The second-order valence-corrected chi connectivity index (χ2v) is 5.16. The Balaban J connectivity index is 2.15. The van der Waals surface area contributed by atoms with E-state index in [1.165, 1.54) is 12.3 Å². The molecular weight excluding hydrogens is 295 g/mol. The molecule has 0 spiro atoms. The molecule has 0 atom stereocenters. The number of nitrogens with zero attached hydrogens (tertiary/aromatic N) is 1. The van der Waals surface area contributed by atoms with Gasteiger partial charge in [-0.05, 0) is 36.6 Å². The number of carboxylic acids is 1. The Morgan fingerprint density at radius 3 is 2.48 bits per heavy atom. The minimum Gasteiger partial charge on any atom is -0.478 e. The second-order valence-electron chi connectivity index (χ2n) is 4.76. The van der Waals surface area contributed by atoms with Gasteiger partial charge < -0.3 is 10.4 Å². The van der Waals surface area contributed by atoms with Crippen molar-refractivity contribution >= 4 is 23.4 Å². The lowest BCUT2D eigenvalue weighted by atomic mass is 10.1. The van der Waals surface area contributed by atoms with Crippen LogP contribution in [0.15, 0.2) is 24.4 Å². The number of nitrogens with one attached hydrogen (secondary N) is 1. The Hall–Kier alpha value is -2.14. The van der Waals surface area contributed by atoms with Crippen LogP contribution in [-0.4, -0.2) is 16.1 Å². The molecule has 110 valence electrons. The molecule has 0 saturated carbocycles. The Labute approximate surface area is 126 Å². The standard InChI is InChI=1S/C15H14ClFN2O2/c1-8-3-10(4-9(2)13(8)17)6-18-14-12(16)5-11(7-19-14)15(20)21/h3-5,7H,6H2,1-2H3,(H,18,19)(H,20,21). The molecule has 0 saturated heterocycles. The van der Waals surface area contributed by atoms with Gasteiger partial charge in [-0.25, -0.2) is 14.2 Å². The van der Waals surface area contributed by atoms with Crippen molar-refractivity contribution in [1.29, 1.82) is 0 Å².